The summed E-state index contributed by atoms with van der Waals surface area (Å²) in [6, 6.07) is 0.337. The van der Waals surface area contributed by atoms with Gasteiger partial charge in [-0.05, 0) is 20.4 Å². The van der Waals surface area contributed by atoms with E-state index in [9.17, 15) is 0 Å². The number of hydrogen-bond acceptors (Lipinski definition) is 6. The zero-order valence-corrected chi connectivity index (χ0v) is 10.3. The highest BCUT2D eigenvalue weighted by molar-refractivity contribution is 5.00. The highest BCUT2D eigenvalue weighted by Crippen LogP contribution is 2.24. The Balaban J connectivity index is 2.02. The molecule has 2 atom stereocenters. The van der Waals surface area contributed by atoms with E-state index in [0.717, 1.165) is 13.0 Å². The fourth-order valence-electron chi connectivity index (χ4n) is 2.00. The molecule has 0 aliphatic carbocycles. The van der Waals surface area contributed by atoms with E-state index in [1.165, 1.54) is 0 Å². The van der Waals surface area contributed by atoms with Gasteiger partial charge in [0.05, 0.1) is 12.5 Å². The molecule has 1 aromatic heterocycles. The molecule has 1 N–H and O–H groups in total. The molecule has 0 saturated carbocycles. The van der Waals surface area contributed by atoms with Crippen molar-refractivity contribution in [1.29, 1.82) is 0 Å². The summed E-state index contributed by atoms with van der Waals surface area (Å²) in [4.78, 5) is 4.35. The van der Waals surface area contributed by atoms with Gasteiger partial charge in [0.2, 0.25) is 5.89 Å². The Morgan fingerprint density at radius 2 is 2.41 bits per heavy atom. The van der Waals surface area contributed by atoms with Gasteiger partial charge in [0.1, 0.15) is 6.61 Å². The highest BCUT2D eigenvalue weighted by atomic mass is 16.5. The second kappa shape index (κ2) is 6.09. The van der Waals surface area contributed by atoms with Crippen LogP contribution in [0.3, 0.4) is 0 Å². The molecule has 1 aliphatic heterocycles. The molecule has 96 valence electrons. The Morgan fingerprint density at radius 3 is 3.18 bits per heavy atom. The lowest BCUT2D eigenvalue weighted by atomic mass is 9.96. The second-order valence-electron chi connectivity index (χ2n) is 4.05. The molecule has 1 fully saturated rings. The lowest BCUT2D eigenvalue weighted by molar-refractivity contribution is 0.0516. The van der Waals surface area contributed by atoms with Crippen LogP contribution in [-0.4, -0.2) is 43.1 Å². The normalized spacial score (nSPS) is 25.1. The van der Waals surface area contributed by atoms with Crippen LogP contribution in [-0.2, 0) is 16.1 Å². The quantitative estimate of drug-likeness (QED) is 0.818. The average Bonchev–Trinajstić information content (AvgIpc) is 2.85. The molecular weight excluding hydrogens is 222 g/mol. The van der Waals surface area contributed by atoms with Crippen LogP contribution in [0.15, 0.2) is 4.52 Å². The molecule has 1 aliphatic rings. The Morgan fingerprint density at radius 1 is 1.53 bits per heavy atom. The van der Waals surface area contributed by atoms with Crippen molar-refractivity contribution >= 4 is 0 Å². The highest BCUT2D eigenvalue weighted by Gasteiger charge is 2.30. The van der Waals surface area contributed by atoms with Gasteiger partial charge in [-0.3, -0.25) is 0 Å². The number of nitrogens with zero attached hydrogens (tertiary/aromatic N) is 2. The van der Waals surface area contributed by atoms with Crippen LogP contribution in [0.1, 0.15) is 31.0 Å². The first-order valence-corrected chi connectivity index (χ1v) is 6.00. The molecule has 0 aromatic carbocycles. The monoisotopic (exact) mass is 241 g/mol. The van der Waals surface area contributed by atoms with Crippen molar-refractivity contribution in [2.24, 2.45) is 0 Å². The molecule has 2 heterocycles. The maximum atomic E-state index is 5.46. The zero-order valence-electron chi connectivity index (χ0n) is 10.3. The van der Waals surface area contributed by atoms with Gasteiger partial charge in [0, 0.05) is 19.3 Å². The van der Waals surface area contributed by atoms with Crippen LogP contribution in [0.25, 0.3) is 0 Å². The maximum absolute atomic E-state index is 5.46. The topological polar surface area (TPSA) is 69.4 Å². The van der Waals surface area contributed by atoms with Gasteiger partial charge < -0.3 is 19.3 Å². The van der Waals surface area contributed by atoms with Crippen molar-refractivity contribution in [3.63, 3.8) is 0 Å². The van der Waals surface area contributed by atoms with Crippen molar-refractivity contribution in [3.05, 3.63) is 11.7 Å². The second-order valence-corrected chi connectivity index (χ2v) is 4.05. The smallest absolute Gasteiger partial charge is 0.233 e. The summed E-state index contributed by atoms with van der Waals surface area (Å²) >= 11 is 0. The third kappa shape index (κ3) is 3.02. The molecule has 1 aromatic rings. The first-order valence-electron chi connectivity index (χ1n) is 6.00. The third-order valence-corrected chi connectivity index (χ3v) is 2.96. The minimum absolute atomic E-state index is 0.136. The summed E-state index contributed by atoms with van der Waals surface area (Å²) in [7, 11) is 1.94. The minimum atomic E-state index is 0.136. The average molecular weight is 241 g/mol. The van der Waals surface area contributed by atoms with Crippen LogP contribution in [0.4, 0.5) is 0 Å². The van der Waals surface area contributed by atoms with Crippen molar-refractivity contribution < 1.29 is 14.0 Å². The number of ether oxygens (including phenoxy) is 2. The van der Waals surface area contributed by atoms with E-state index >= 15 is 0 Å². The van der Waals surface area contributed by atoms with E-state index in [2.05, 4.69) is 15.5 Å². The van der Waals surface area contributed by atoms with Crippen molar-refractivity contribution in [3.8, 4) is 0 Å². The van der Waals surface area contributed by atoms with E-state index in [-0.39, 0.29) is 5.92 Å². The molecule has 6 nitrogen and oxygen atoms in total. The minimum Gasteiger partial charge on any atom is -0.381 e. The van der Waals surface area contributed by atoms with Gasteiger partial charge in [0.15, 0.2) is 5.82 Å². The predicted molar refractivity (Wildman–Crippen MR) is 60.7 cm³/mol. The van der Waals surface area contributed by atoms with Gasteiger partial charge in [-0.2, -0.15) is 4.98 Å². The van der Waals surface area contributed by atoms with Gasteiger partial charge in [-0.15, -0.1) is 0 Å². The molecule has 2 unspecified atom stereocenters. The summed E-state index contributed by atoms with van der Waals surface area (Å²) in [5.41, 5.74) is 0. The van der Waals surface area contributed by atoms with E-state index in [1.54, 1.807) is 0 Å². The fraction of sp³-hybridized carbons (Fsp3) is 0.818. The van der Waals surface area contributed by atoms with E-state index < -0.39 is 0 Å². The molecule has 2 rings (SSSR count). The van der Waals surface area contributed by atoms with Crippen LogP contribution in [0.5, 0.6) is 0 Å². The van der Waals surface area contributed by atoms with Crippen LogP contribution >= 0.6 is 0 Å². The lowest BCUT2D eigenvalue weighted by Gasteiger charge is -2.28. The number of rotatable bonds is 5. The van der Waals surface area contributed by atoms with Crippen LogP contribution in [0, 0.1) is 0 Å². The summed E-state index contributed by atoms with van der Waals surface area (Å²) in [5.74, 6) is 1.37. The Bertz CT molecular complexity index is 342. The predicted octanol–water partition coefficient (Wildman–Crippen LogP) is 0.698. The van der Waals surface area contributed by atoms with Gasteiger partial charge in [-0.1, -0.05) is 5.16 Å². The molecule has 1 saturated heterocycles. The van der Waals surface area contributed by atoms with Gasteiger partial charge >= 0.3 is 0 Å². The van der Waals surface area contributed by atoms with Crippen LogP contribution in [0.2, 0.25) is 0 Å². The molecule has 0 spiro atoms. The molecular formula is C11H19N3O3. The zero-order chi connectivity index (χ0) is 12.1. The number of nitrogens with one attached hydrogen (secondary N) is 1. The summed E-state index contributed by atoms with van der Waals surface area (Å²) in [6.07, 6.45) is 0.963. The maximum Gasteiger partial charge on any atom is 0.233 e. The molecule has 17 heavy (non-hydrogen) atoms. The molecule has 0 bridgehead atoms. The first kappa shape index (κ1) is 12.5. The van der Waals surface area contributed by atoms with Gasteiger partial charge in [-0.25, -0.2) is 0 Å². The van der Waals surface area contributed by atoms with Crippen molar-refractivity contribution in [2.45, 2.75) is 31.9 Å². The van der Waals surface area contributed by atoms with Crippen molar-refractivity contribution in [2.75, 3.05) is 26.9 Å². The standard InChI is InChI=1S/C11H19N3O3/c1-3-15-7-10-13-11(17-14-10)8-6-16-5-4-9(8)12-2/h8-9,12H,3-7H2,1-2H3. The summed E-state index contributed by atoms with van der Waals surface area (Å²) in [5, 5.41) is 7.17. The summed E-state index contributed by atoms with van der Waals surface area (Å²) in [6.45, 7) is 4.39. The summed E-state index contributed by atoms with van der Waals surface area (Å²) < 4.78 is 16.0. The fourth-order valence-corrected chi connectivity index (χ4v) is 2.00. The molecule has 6 heteroatoms. The Hall–Kier alpha value is -0.980. The van der Waals surface area contributed by atoms with Crippen molar-refractivity contribution in [1.82, 2.24) is 15.5 Å². The Labute approximate surface area is 101 Å². The van der Waals surface area contributed by atoms with E-state index in [4.69, 9.17) is 14.0 Å². The molecule has 0 radical (unpaired) electrons. The van der Waals surface area contributed by atoms with E-state index in [1.807, 2.05) is 14.0 Å². The van der Waals surface area contributed by atoms with E-state index in [0.29, 0.717) is 37.6 Å². The Kier molecular flexibility index (Phi) is 4.47. The lowest BCUT2D eigenvalue weighted by Crippen LogP contribution is -2.39. The number of likely N-dealkylation sites (N-methyl/N-ethyl adjacent to an activating group) is 1. The first-order chi connectivity index (χ1) is 8.35. The van der Waals surface area contributed by atoms with Crippen LogP contribution < -0.4 is 5.32 Å². The third-order valence-electron chi connectivity index (χ3n) is 2.96. The number of aromatic nitrogens is 2. The molecule has 0 amide bonds. The SMILES string of the molecule is CCOCc1noc(C2COCCC2NC)n1. The number of hydrogen-bond donors (Lipinski definition) is 1. The van der Waals surface area contributed by atoms with Gasteiger partial charge in [0.25, 0.3) is 0 Å². The largest absolute Gasteiger partial charge is 0.381 e.